The zero-order chi connectivity index (χ0) is 23.5. The van der Waals surface area contributed by atoms with Gasteiger partial charge in [-0.2, -0.15) is 0 Å². The molecular formula is C29H30N4O. The number of nitrogens with zero attached hydrogens (tertiary/aromatic N) is 2. The first-order valence-electron chi connectivity index (χ1n) is 11.9. The Morgan fingerprint density at radius 3 is 2.68 bits per heavy atom. The van der Waals surface area contributed by atoms with Crippen molar-refractivity contribution in [1.82, 2.24) is 4.90 Å². The fourth-order valence-electron chi connectivity index (χ4n) is 4.83. The molecule has 0 spiro atoms. The summed E-state index contributed by atoms with van der Waals surface area (Å²) in [7, 11) is 0. The van der Waals surface area contributed by atoms with Crippen LogP contribution in [-0.2, 0) is 6.54 Å². The highest BCUT2D eigenvalue weighted by Gasteiger charge is 2.23. The fraction of sp³-hybridized carbons (Fsp3) is 0.241. The zero-order valence-corrected chi connectivity index (χ0v) is 19.5. The van der Waals surface area contributed by atoms with Crippen LogP contribution in [-0.4, -0.2) is 29.7 Å². The summed E-state index contributed by atoms with van der Waals surface area (Å²) in [5, 5.41) is 3.02. The number of amidine groups is 1. The third kappa shape index (κ3) is 5.10. The van der Waals surface area contributed by atoms with Gasteiger partial charge in [-0.25, -0.2) is 4.99 Å². The maximum atomic E-state index is 12.9. The molecule has 0 bridgehead atoms. The molecule has 1 fully saturated rings. The van der Waals surface area contributed by atoms with E-state index in [1.54, 1.807) is 6.07 Å². The van der Waals surface area contributed by atoms with E-state index in [2.05, 4.69) is 63.7 Å². The molecule has 3 aromatic carbocycles. The van der Waals surface area contributed by atoms with Crippen molar-refractivity contribution in [3.8, 4) is 0 Å². The van der Waals surface area contributed by atoms with E-state index in [9.17, 15) is 4.79 Å². The standard InChI is InChI=1S/C29H30N4O/c1-20-15-23-7-8-24(17-27(23)32-28(30)16-20)29(34)31-26-11-9-22(10-12-26)25-13-14-33(19-25)18-21-5-3-2-4-6-21/h2-12,15,17,25H,13-14,16,18-19H2,1H3,(H2,30,32)(H,31,34). The lowest BCUT2D eigenvalue weighted by atomic mass is 9.98. The molecule has 1 atom stereocenters. The summed E-state index contributed by atoms with van der Waals surface area (Å²) in [6.07, 6.45) is 3.88. The Labute approximate surface area is 201 Å². The minimum absolute atomic E-state index is 0.149. The highest BCUT2D eigenvalue weighted by atomic mass is 16.1. The van der Waals surface area contributed by atoms with E-state index in [0.717, 1.165) is 48.6 Å². The van der Waals surface area contributed by atoms with Crippen LogP contribution in [0.2, 0.25) is 0 Å². The summed E-state index contributed by atoms with van der Waals surface area (Å²) in [6, 6.07) is 24.5. The Kier molecular flexibility index (Phi) is 6.28. The SMILES string of the molecule is CC1=Cc2ccc(C(=O)Nc3ccc(C4CCN(Cc5ccccc5)C4)cc3)cc2N=C(N)C1. The molecule has 0 aliphatic carbocycles. The van der Waals surface area contributed by atoms with E-state index in [4.69, 9.17) is 5.73 Å². The lowest BCUT2D eigenvalue weighted by Gasteiger charge is -2.16. The lowest BCUT2D eigenvalue weighted by molar-refractivity contribution is 0.102. The van der Waals surface area contributed by atoms with E-state index < -0.39 is 0 Å². The van der Waals surface area contributed by atoms with Crippen LogP contribution in [0.1, 0.15) is 52.7 Å². The van der Waals surface area contributed by atoms with Crippen molar-refractivity contribution in [1.29, 1.82) is 0 Å². The van der Waals surface area contributed by atoms with Crippen molar-refractivity contribution in [2.24, 2.45) is 10.7 Å². The van der Waals surface area contributed by atoms with Crippen LogP contribution in [0, 0.1) is 0 Å². The number of nitrogens with one attached hydrogen (secondary N) is 1. The van der Waals surface area contributed by atoms with Crippen LogP contribution in [0.25, 0.3) is 6.08 Å². The molecule has 0 aromatic heterocycles. The minimum Gasteiger partial charge on any atom is -0.387 e. The van der Waals surface area contributed by atoms with Crippen LogP contribution < -0.4 is 11.1 Å². The Balaban J connectivity index is 1.22. The summed E-state index contributed by atoms with van der Waals surface area (Å²) >= 11 is 0. The molecule has 5 heteroatoms. The van der Waals surface area contributed by atoms with Gasteiger partial charge in [0.25, 0.3) is 5.91 Å². The summed E-state index contributed by atoms with van der Waals surface area (Å²) in [6.45, 7) is 5.21. The van der Waals surface area contributed by atoms with E-state index in [-0.39, 0.29) is 5.91 Å². The maximum Gasteiger partial charge on any atom is 0.255 e. The largest absolute Gasteiger partial charge is 0.387 e. The van der Waals surface area contributed by atoms with Gasteiger partial charge in [0.2, 0.25) is 0 Å². The van der Waals surface area contributed by atoms with Gasteiger partial charge in [-0.1, -0.05) is 60.2 Å². The molecule has 2 aliphatic heterocycles. The Hall–Kier alpha value is -3.70. The topological polar surface area (TPSA) is 70.7 Å². The average molecular weight is 451 g/mol. The number of hydrogen-bond acceptors (Lipinski definition) is 4. The summed E-state index contributed by atoms with van der Waals surface area (Å²) < 4.78 is 0. The molecule has 0 radical (unpaired) electrons. The van der Waals surface area contributed by atoms with Crippen molar-refractivity contribution in [3.63, 3.8) is 0 Å². The predicted molar refractivity (Wildman–Crippen MR) is 139 cm³/mol. The highest BCUT2D eigenvalue weighted by molar-refractivity contribution is 6.05. The molecule has 1 amide bonds. The number of rotatable bonds is 5. The molecule has 3 N–H and O–H groups in total. The molecule has 2 heterocycles. The Bertz CT molecular complexity index is 1240. The normalized spacial score (nSPS) is 18.0. The number of carbonyl (C=O) groups is 1. The molecule has 172 valence electrons. The van der Waals surface area contributed by atoms with Gasteiger partial charge in [0.05, 0.1) is 5.69 Å². The number of fused-ring (bicyclic) bond motifs is 1. The number of carbonyl (C=O) groups excluding carboxylic acids is 1. The molecular weight excluding hydrogens is 420 g/mol. The average Bonchev–Trinajstić information content (AvgIpc) is 3.23. The third-order valence-electron chi connectivity index (χ3n) is 6.58. The van der Waals surface area contributed by atoms with E-state index in [1.165, 1.54) is 11.1 Å². The van der Waals surface area contributed by atoms with Crippen LogP contribution in [0.15, 0.2) is 83.4 Å². The monoisotopic (exact) mass is 450 g/mol. The summed E-state index contributed by atoms with van der Waals surface area (Å²) in [4.78, 5) is 19.9. The number of nitrogens with two attached hydrogens (primary N) is 1. The smallest absolute Gasteiger partial charge is 0.255 e. The van der Waals surface area contributed by atoms with E-state index in [1.807, 2.05) is 31.2 Å². The predicted octanol–water partition coefficient (Wildman–Crippen LogP) is 5.72. The molecule has 3 aromatic rings. The Morgan fingerprint density at radius 2 is 1.88 bits per heavy atom. The first kappa shape index (κ1) is 22.1. The van der Waals surface area contributed by atoms with Crippen LogP contribution in [0.3, 0.4) is 0 Å². The van der Waals surface area contributed by atoms with Crippen molar-refractivity contribution < 1.29 is 4.79 Å². The Morgan fingerprint density at radius 1 is 1.09 bits per heavy atom. The van der Waals surface area contributed by atoms with Crippen LogP contribution in [0.5, 0.6) is 0 Å². The van der Waals surface area contributed by atoms with Gasteiger partial charge in [-0.05, 0) is 61.2 Å². The van der Waals surface area contributed by atoms with Gasteiger partial charge in [0.1, 0.15) is 5.84 Å². The third-order valence-corrected chi connectivity index (χ3v) is 6.58. The number of likely N-dealkylation sites (tertiary alicyclic amines) is 1. The number of benzene rings is 3. The van der Waals surface area contributed by atoms with Gasteiger partial charge in [-0.15, -0.1) is 0 Å². The summed E-state index contributed by atoms with van der Waals surface area (Å²) in [5.41, 5.74) is 12.9. The second-order valence-electron chi connectivity index (χ2n) is 9.33. The number of aliphatic imine (C=N–C) groups is 1. The second-order valence-corrected chi connectivity index (χ2v) is 9.33. The minimum atomic E-state index is -0.149. The number of anilines is 1. The van der Waals surface area contributed by atoms with E-state index in [0.29, 0.717) is 23.7 Å². The van der Waals surface area contributed by atoms with Crippen molar-refractivity contribution in [2.45, 2.75) is 32.2 Å². The molecule has 34 heavy (non-hydrogen) atoms. The lowest BCUT2D eigenvalue weighted by Crippen LogP contribution is -2.19. The fourth-order valence-corrected chi connectivity index (χ4v) is 4.83. The van der Waals surface area contributed by atoms with Gasteiger partial charge in [0.15, 0.2) is 0 Å². The zero-order valence-electron chi connectivity index (χ0n) is 19.5. The molecule has 1 saturated heterocycles. The first-order valence-corrected chi connectivity index (χ1v) is 11.9. The van der Waals surface area contributed by atoms with Crippen molar-refractivity contribution >= 4 is 29.2 Å². The van der Waals surface area contributed by atoms with Gasteiger partial charge in [0, 0.05) is 36.3 Å². The molecule has 5 rings (SSSR count). The van der Waals surface area contributed by atoms with Gasteiger partial charge in [-0.3, -0.25) is 9.69 Å². The van der Waals surface area contributed by atoms with Crippen molar-refractivity contribution in [3.05, 3.63) is 101 Å². The van der Waals surface area contributed by atoms with Crippen molar-refractivity contribution in [2.75, 3.05) is 18.4 Å². The molecule has 0 saturated carbocycles. The second kappa shape index (κ2) is 9.65. The molecule has 2 aliphatic rings. The highest BCUT2D eigenvalue weighted by Crippen LogP contribution is 2.30. The van der Waals surface area contributed by atoms with Crippen LogP contribution in [0.4, 0.5) is 11.4 Å². The summed E-state index contributed by atoms with van der Waals surface area (Å²) in [5.74, 6) is 0.942. The number of amides is 1. The van der Waals surface area contributed by atoms with E-state index >= 15 is 0 Å². The molecule has 1 unspecified atom stereocenters. The van der Waals surface area contributed by atoms with Gasteiger partial charge < -0.3 is 11.1 Å². The van der Waals surface area contributed by atoms with Crippen LogP contribution >= 0.6 is 0 Å². The first-order chi connectivity index (χ1) is 16.5. The quantitative estimate of drug-likeness (QED) is 0.522. The molecule has 5 nitrogen and oxygen atoms in total. The number of hydrogen-bond donors (Lipinski definition) is 2. The van der Waals surface area contributed by atoms with Gasteiger partial charge >= 0.3 is 0 Å². The maximum absolute atomic E-state index is 12.9.